The SMILES string of the molecule is NN1CCCN(CC2OCCc3ccccc32)C1=O. The van der Waals surface area contributed by atoms with Gasteiger partial charge in [-0.25, -0.2) is 10.6 Å². The van der Waals surface area contributed by atoms with Gasteiger partial charge in [0.25, 0.3) is 0 Å². The first-order chi connectivity index (χ1) is 9.25. The number of carbonyl (C=O) groups is 1. The van der Waals surface area contributed by atoms with E-state index in [2.05, 4.69) is 18.2 Å². The van der Waals surface area contributed by atoms with Crippen molar-refractivity contribution < 1.29 is 9.53 Å². The van der Waals surface area contributed by atoms with Crippen molar-refractivity contribution in [3.05, 3.63) is 35.4 Å². The van der Waals surface area contributed by atoms with Gasteiger partial charge >= 0.3 is 6.03 Å². The monoisotopic (exact) mass is 261 g/mol. The first-order valence-corrected chi connectivity index (χ1v) is 6.76. The molecule has 5 nitrogen and oxygen atoms in total. The van der Waals surface area contributed by atoms with Gasteiger partial charge in [0.2, 0.25) is 0 Å². The number of ether oxygens (including phenoxy) is 1. The Labute approximate surface area is 112 Å². The quantitative estimate of drug-likeness (QED) is 0.645. The molecule has 0 bridgehead atoms. The van der Waals surface area contributed by atoms with Gasteiger partial charge in [0.05, 0.1) is 13.2 Å². The number of benzene rings is 1. The molecule has 2 aliphatic rings. The highest BCUT2D eigenvalue weighted by molar-refractivity contribution is 5.74. The van der Waals surface area contributed by atoms with Gasteiger partial charge in [-0.1, -0.05) is 24.3 Å². The summed E-state index contributed by atoms with van der Waals surface area (Å²) < 4.78 is 5.84. The van der Waals surface area contributed by atoms with Gasteiger partial charge in [-0.2, -0.15) is 0 Å². The number of rotatable bonds is 2. The third-order valence-corrected chi connectivity index (χ3v) is 3.82. The lowest BCUT2D eigenvalue weighted by Gasteiger charge is -2.36. The summed E-state index contributed by atoms with van der Waals surface area (Å²) in [7, 11) is 0. The number of hydrazine groups is 1. The second-order valence-electron chi connectivity index (χ2n) is 5.08. The molecule has 0 radical (unpaired) electrons. The van der Waals surface area contributed by atoms with E-state index in [-0.39, 0.29) is 12.1 Å². The van der Waals surface area contributed by atoms with Gasteiger partial charge in [-0.05, 0) is 24.0 Å². The molecule has 102 valence electrons. The molecule has 1 fully saturated rings. The molecule has 5 heteroatoms. The Morgan fingerprint density at radius 2 is 2.16 bits per heavy atom. The maximum atomic E-state index is 12.0. The normalized spacial score (nSPS) is 23.4. The van der Waals surface area contributed by atoms with E-state index in [4.69, 9.17) is 10.6 Å². The van der Waals surface area contributed by atoms with Crippen LogP contribution in [-0.2, 0) is 11.2 Å². The molecule has 2 heterocycles. The molecule has 1 saturated heterocycles. The third-order valence-electron chi connectivity index (χ3n) is 3.82. The van der Waals surface area contributed by atoms with Crippen LogP contribution < -0.4 is 5.84 Å². The average Bonchev–Trinajstić information content (AvgIpc) is 2.44. The maximum absolute atomic E-state index is 12.0. The van der Waals surface area contributed by atoms with Gasteiger partial charge in [-0.3, -0.25) is 5.01 Å². The predicted octanol–water partition coefficient (Wildman–Crippen LogP) is 1.30. The summed E-state index contributed by atoms with van der Waals surface area (Å²) in [4.78, 5) is 13.8. The largest absolute Gasteiger partial charge is 0.371 e. The molecular formula is C14H19N3O2. The van der Waals surface area contributed by atoms with Crippen LogP contribution in [0, 0.1) is 0 Å². The number of nitrogens with two attached hydrogens (primary N) is 1. The molecular weight excluding hydrogens is 242 g/mol. The van der Waals surface area contributed by atoms with Gasteiger partial charge in [0.1, 0.15) is 6.10 Å². The van der Waals surface area contributed by atoms with Crippen LogP contribution in [0.15, 0.2) is 24.3 Å². The molecule has 0 saturated carbocycles. The summed E-state index contributed by atoms with van der Waals surface area (Å²) in [6.45, 7) is 2.70. The van der Waals surface area contributed by atoms with Crippen LogP contribution in [0.5, 0.6) is 0 Å². The molecule has 1 atom stereocenters. The number of hydrogen-bond donors (Lipinski definition) is 1. The van der Waals surface area contributed by atoms with Crippen LogP contribution >= 0.6 is 0 Å². The molecule has 2 amide bonds. The van der Waals surface area contributed by atoms with E-state index in [1.54, 1.807) is 4.90 Å². The molecule has 19 heavy (non-hydrogen) atoms. The van der Waals surface area contributed by atoms with E-state index in [1.807, 2.05) is 6.07 Å². The lowest BCUT2D eigenvalue weighted by atomic mass is 9.97. The third kappa shape index (κ3) is 2.43. The number of urea groups is 1. The predicted molar refractivity (Wildman–Crippen MR) is 71.3 cm³/mol. The van der Waals surface area contributed by atoms with Crippen molar-refractivity contribution in [2.45, 2.75) is 18.9 Å². The lowest BCUT2D eigenvalue weighted by molar-refractivity contribution is 0.0148. The minimum absolute atomic E-state index is 0.0274. The highest BCUT2D eigenvalue weighted by atomic mass is 16.5. The zero-order valence-electron chi connectivity index (χ0n) is 10.9. The Morgan fingerprint density at radius 1 is 1.32 bits per heavy atom. The number of amides is 2. The number of fused-ring (bicyclic) bond motifs is 1. The number of nitrogens with zero attached hydrogens (tertiary/aromatic N) is 2. The van der Waals surface area contributed by atoms with Crippen LogP contribution in [0.2, 0.25) is 0 Å². The highest BCUT2D eigenvalue weighted by Gasteiger charge is 2.29. The van der Waals surface area contributed by atoms with Crippen LogP contribution in [0.1, 0.15) is 23.7 Å². The molecule has 1 unspecified atom stereocenters. The smallest absolute Gasteiger partial charge is 0.334 e. The van der Waals surface area contributed by atoms with Crippen LogP contribution in [-0.4, -0.2) is 42.2 Å². The highest BCUT2D eigenvalue weighted by Crippen LogP contribution is 2.28. The first kappa shape index (κ1) is 12.4. The molecule has 0 aromatic heterocycles. The van der Waals surface area contributed by atoms with Crippen molar-refractivity contribution >= 4 is 6.03 Å². The molecule has 0 aliphatic carbocycles. The van der Waals surface area contributed by atoms with E-state index < -0.39 is 0 Å². The minimum atomic E-state index is -0.0992. The Kier molecular flexibility index (Phi) is 3.40. The standard InChI is InChI=1S/C14H19N3O2/c15-17-8-3-7-16(14(17)18)10-13-12-5-2-1-4-11(12)6-9-19-13/h1-2,4-5,13H,3,6-10,15H2. The van der Waals surface area contributed by atoms with Crippen molar-refractivity contribution in [1.29, 1.82) is 0 Å². The number of carbonyl (C=O) groups excluding carboxylic acids is 1. The minimum Gasteiger partial charge on any atom is -0.371 e. The van der Waals surface area contributed by atoms with Crippen molar-refractivity contribution in [2.24, 2.45) is 5.84 Å². The van der Waals surface area contributed by atoms with Crippen LogP contribution in [0.3, 0.4) is 0 Å². The Morgan fingerprint density at radius 3 is 3.05 bits per heavy atom. The molecule has 3 rings (SSSR count). The summed E-state index contributed by atoms with van der Waals surface area (Å²) in [5.41, 5.74) is 2.53. The summed E-state index contributed by atoms with van der Waals surface area (Å²) >= 11 is 0. The zero-order valence-corrected chi connectivity index (χ0v) is 10.9. The Balaban J connectivity index is 1.76. The van der Waals surface area contributed by atoms with Crippen molar-refractivity contribution in [2.75, 3.05) is 26.2 Å². The topological polar surface area (TPSA) is 58.8 Å². The van der Waals surface area contributed by atoms with Crippen LogP contribution in [0.25, 0.3) is 0 Å². The molecule has 1 aromatic carbocycles. The van der Waals surface area contributed by atoms with Gasteiger partial charge in [0.15, 0.2) is 0 Å². The fraction of sp³-hybridized carbons (Fsp3) is 0.500. The average molecular weight is 261 g/mol. The maximum Gasteiger partial charge on any atom is 0.334 e. The van der Waals surface area contributed by atoms with E-state index >= 15 is 0 Å². The Bertz CT molecular complexity index is 478. The van der Waals surface area contributed by atoms with E-state index in [0.717, 1.165) is 26.0 Å². The summed E-state index contributed by atoms with van der Waals surface area (Å²) in [6.07, 6.45) is 1.83. The molecule has 2 aliphatic heterocycles. The first-order valence-electron chi connectivity index (χ1n) is 6.76. The van der Waals surface area contributed by atoms with E-state index in [0.29, 0.717) is 13.1 Å². The second-order valence-corrected chi connectivity index (χ2v) is 5.08. The summed E-state index contributed by atoms with van der Waals surface area (Å²) in [6, 6.07) is 8.20. The zero-order chi connectivity index (χ0) is 13.2. The van der Waals surface area contributed by atoms with E-state index in [1.165, 1.54) is 16.1 Å². The number of hydrogen-bond acceptors (Lipinski definition) is 3. The summed E-state index contributed by atoms with van der Waals surface area (Å²) in [5.74, 6) is 5.67. The van der Waals surface area contributed by atoms with Crippen molar-refractivity contribution in [1.82, 2.24) is 9.91 Å². The van der Waals surface area contributed by atoms with Crippen molar-refractivity contribution in [3.63, 3.8) is 0 Å². The van der Waals surface area contributed by atoms with E-state index in [9.17, 15) is 4.79 Å². The molecule has 0 spiro atoms. The van der Waals surface area contributed by atoms with Crippen LogP contribution in [0.4, 0.5) is 4.79 Å². The molecule has 1 aromatic rings. The lowest BCUT2D eigenvalue weighted by Crippen LogP contribution is -2.53. The van der Waals surface area contributed by atoms with Gasteiger partial charge < -0.3 is 9.64 Å². The van der Waals surface area contributed by atoms with Crippen molar-refractivity contribution in [3.8, 4) is 0 Å². The fourth-order valence-electron chi connectivity index (χ4n) is 2.80. The molecule has 2 N–H and O–H groups in total. The fourth-order valence-corrected chi connectivity index (χ4v) is 2.80. The van der Waals surface area contributed by atoms with Gasteiger partial charge in [-0.15, -0.1) is 0 Å². The van der Waals surface area contributed by atoms with Gasteiger partial charge in [0, 0.05) is 13.1 Å². The summed E-state index contributed by atoms with van der Waals surface area (Å²) in [5, 5.41) is 1.29. The second kappa shape index (κ2) is 5.19. The Hall–Kier alpha value is -1.59.